The second-order valence-electron chi connectivity index (χ2n) is 5.85. The summed E-state index contributed by atoms with van der Waals surface area (Å²) in [6.07, 6.45) is 0.347. The summed E-state index contributed by atoms with van der Waals surface area (Å²) < 4.78 is 17.3. The van der Waals surface area contributed by atoms with Crippen molar-refractivity contribution in [2.24, 2.45) is 0 Å². The Balaban J connectivity index is 0.00000208. The molecule has 0 aliphatic carbocycles. The fourth-order valence-corrected chi connectivity index (χ4v) is 2.89. The minimum atomic E-state index is -0.396. The van der Waals surface area contributed by atoms with E-state index in [1.165, 1.54) is 0 Å². The fraction of sp³-hybridized carbons (Fsp3) is 0.588. The van der Waals surface area contributed by atoms with Crippen LogP contribution in [-0.4, -0.2) is 62.4 Å². The molecule has 0 spiro atoms. The molecule has 0 saturated carbocycles. The first-order valence-corrected chi connectivity index (χ1v) is 8.27. The molecule has 2 aliphatic rings. The van der Waals surface area contributed by atoms with Crippen LogP contribution in [0.4, 0.5) is 0 Å². The molecule has 2 heterocycles. The Morgan fingerprint density at radius 1 is 1.33 bits per heavy atom. The molecule has 2 atom stereocenters. The van der Waals surface area contributed by atoms with Gasteiger partial charge in [0, 0.05) is 19.6 Å². The Kier molecular flexibility index (Phi) is 7.15. The van der Waals surface area contributed by atoms with Gasteiger partial charge in [0.1, 0.15) is 12.7 Å². The zero-order valence-corrected chi connectivity index (χ0v) is 14.7. The number of fused-ring (bicyclic) bond motifs is 1. The lowest BCUT2D eigenvalue weighted by Crippen LogP contribution is -2.52. The lowest BCUT2D eigenvalue weighted by atomic mass is 10.2. The summed E-state index contributed by atoms with van der Waals surface area (Å²) in [4.78, 5) is 14.5. The highest BCUT2D eigenvalue weighted by Crippen LogP contribution is 2.31. The Morgan fingerprint density at radius 2 is 2.12 bits per heavy atom. The number of nitrogens with one attached hydrogen (secondary N) is 1. The number of hydrogen-bond donors (Lipinski definition) is 1. The second kappa shape index (κ2) is 9.11. The van der Waals surface area contributed by atoms with Crippen LogP contribution in [0.15, 0.2) is 24.3 Å². The molecule has 0 radical (unpaired) electrons. The van der Waals surface area contributed by atoms with Gasteiger partial charge in [0.25, 0.3) is 5.91 Å². The summed E-state index contributed by atoms with van der Waals surface area (Å²) in [7, 11) is 0. The summed E-state index contributed by atoms with van der Waals surface area (Å²) in [5.74, 6) is 1.53. The molecule has 1 saturated heterocycles. The molecule has 1 unspecified atom stereocenters. The van der Waals surface area contributed by atoms with Crippen LogP contribution in [0.2, 0.25) is 0 Å². The molecule has 0 bridgehead atoms. The monoisotopic (exact) mass is 356 g/mol. The van der Waals surface area contributed by atoms with Gasteiger partial charge in [0.05, 0.1) is 13.2 Å². The third kappa shape index (κ3) is 4.53. The molecule has 1 N–H and O–H groups in total. The van der Waals surface area contributed by atoms with Crippen molar-refractivity contribution in [3.63, 3.8) is 0 Å². The number of para-hydroxylation sites is 2. The van der Waals surface area contributed by atoms with Crippen LogP contribution in [-0.2, 0) is 9.53 Å². The van der Waals surface area contributed by atoms with Gasteiger partial charge in [0.2, 0.25) is 0 Å². The fourth-order valence-electron chi connectivity index (χ4n) is 2.89. The van der Waals surface area contributed by atoms with E-state index in [9.17, 15) is 4.79 Å². The van der Waals surface area contributed by atoms with E-state index in [0.717, 1.165) is 24.5 Å². The van der Waals surface area contributed by atoms with E-state index < -0.39 is 6.10 Å². The van der Waals surface area contributed by atoms with Crippen molar-refractivity contribution < 1.29 is 19.0 Å². The van der Waals surface area contributed by atoms with Crippen LogP contribution in [0, 0.1) is 0 Å². The van der Waals surface area contributed by atoms with Crippen molar-refractivity contribution in [1.29, 1.82) is 0 Å². The van der Waals surface area contributed by atoms with E-state index in [0.29, 0.717) is 32.8 Å². The molecular weight excluding hydrogens is 332 g/mol. The summed E-state index contributed by atoms with van der Waals surface area (Å²) in [6, 6.07) is 7.62. The normalized spacial score (nSPS) is 22.4. The number of nitrogens with zero attached hydrogens (tertiary/aromatic N) is 1. The maximum atomic E-state index is 12.7. The van der Waals surface area contributed by atoms with E-state index in [1.54, 1.807) is 0 Å². The molecule has 1 aromatic carbocycles. The van der Waals surface area contributed by atoms with Crippen LogP contribution in [0.1, 0.15) is 13.3 Å². The Labute approximate surface area is 148 Å². The van der Waals surface area contributed by atoms with Crippen molar-refractivity contribution in [2.75, 3.05) is 39.4 Å². The van der Waals surface area contributed by atoms with Crippen molar-refractivity contribution in [1.82, 2.24) is 10.2 Å². The van der Waals surface area contributed by atoms with Gasteiger partial charge >= 0.3 is 0 Å². The van der Waals surface area contributed by atoms with E-state index in [1.807, 2.05) is 29.2 Å². The molecule has 6 nitrogen and oxygen atoms in total. The summed E-state index contributed by atoms with van der Waals surface area (Å²) in [6.45, 7) is 5.67. The first-order chi connectivity index (χ1) is 11.3. The van der Waals surface area contributed by atoms with Crippen LogP contribution in [0.5, 0.6) is 11.5 Å². The van der Waals surface area contributed by atoms with Gasteiger partial charge in [0.15, 0.2) is 17.6 Å². The van der Waals surface area contributed by atoms with Crippen molar-refractivity contribution >= 4 is 18.3 Å². The standard InChI is InChI=1S/C17H24N2O4.ClH/c1-2-8-19(17(20)16-10-18-7-9-21-16)11-13-12-22-14-5-3-4-6-15(14)23-13;/h3-6,13,16,18H,2,7-12H2,1H3;1H/t13?,16-;/m1./s1. The number of carbonyl (C=O) groups excluding carboxylic acids is 1. The highest BCUT2D eigenvalue weighted by Gasteiger charge is 2.30. The van der Waals surface area contributed by atoms with Crippen LogP contribution < -0.4 is 14.8 Å². The largest absolute Gasteiger partial charge is 0.486 e. The lowest BCUT2D eigenvalue weighted by molar-refractivity contribution is -0.146. The lowest BCUT2D eigenvalue weighted by Gasteiger charge is -2.34. The highest BCUT2D eigenvalue weighted by molar-refractivity contribution is 5.85. The summed E-state index contributed by atoms with van der Waals surface area (Å²) >= 11 is 0. The number of rotatable bonds is 5. The number of ether oxygens (including phenoxy) is 3. The predicted octanol–water partition coefficient (Wildman–Crippen LogP) is 1.48. The molecule has 134 valence electrons. The third-order valence-corrected chi connectivity index (χ3v) is 4.00. The van der Waals surface area contributed by atoms with E-state index >= 15 is 0 Å². The number of carbonyl (C=O) groups is 1. The number of hydrogen-bond acceptors (Lipinski definition) is 5. The van der Waals surface area contributed by atoms with Gasteiger partial charge in [-0.1, -0.05) is 19.1 Å². The second-order valence-corrected chi connectivity index (χ2v) is 5.85. The molecule has 3 rings (SSSR count). The van der Waals surface area contributed by atoms with E-state index in [-0.39, 0.29) is 24.4 Å². The third-order valence-electron chi connectivity index (χ3n) is 4.00. The topological polar surface area (TPSA) is 60.0 Å². The average molecular weight is 357 g/mol. The maximum absolute atomic E-state index is 12.7. The number of morpholine rings is 1. The van der Waals surface area contributed by atoms with Crippen molar-refractivity contribution in [2.45, 2.75) is 25.6 Å². The maximum Gasteiger partial charge on any atom is 0.253 e. The molecule has 24 heavy (non-hydrogen) atoms. The minimum Gasteiger partial charge on any atom is -0.486 e. The predicted molar refractivity (Wildman–Crippen MR) is 93.1 cm³/mol. The van der Waals surface area contributed by atoms with E-state index in [4.69, 9.17) is 14.2 Å². The smallest absolute Gasteiger partial charge is 0.253 e. The zero-order chi connectivity index (χ0) is 16.1. The van der Waals surface area contributed by atoms with Gasteiger partial charge in [-0.3, -0.25) is 4.79 Å². The molecule has 1 fully saturated rings. The van der Waals surface area contributed by atoms with Gasteiger partial charge < -0.3 is 24.4 Å². The quantitative estimate of drug-likeness (QED) is 0.866. The number of amides is 1. The van der Waals surface area contributed by atoms with Crippen LogP contribution >= 0.6 is 12.4 Å². The van der Waals surface area contributed by atoms with Gasteiger partial charge in [-0.05, 0) is 18.6 Å². The molecular formula is C17H25ClN2O4. The molecule has 2 aliphatic heterocycles. The van der Waals surface area contributed by atoms with Gasteiger partial charge in [-0.2, -0.15) is 0 Å². The molecule has 7 heteroatoms. The van der Waals surface area contributed by atoms with Crippen LogP contribution in [0.25, 0.3) is 0 Å². The Morgan fingerprint density at radius 3 is 2.83 bits per heavy atom. The number of benzene rings is 1. The first kappa shape index (κ1) is 18.8. The van der Waals surface area contributed by atoms with Gasteiger partial charge in [-0.25, -0.2) is 0 Å². The van der Waals surface area contributed by atoms with Crippen LogP contribution in [0.3, 0.4) is 0 Å². The average Bonchev–Trinajstić information content (AvgIpc) is 2.61. The van der Waals surface area contributed by atoms with Crippen molar-refractivity contribution in [3.8, 4) is 11.5 Å². The van der Waals surface area contributed by atoms with Gasteiger partial charge in [-0.15, -0.1) is 12.4 Å². The van der Waals surface area contributed by atoms with Crippen molar-refractivity contribution in [3.05, 3.63) is 24.3 Å². The zero-order valence-electron chi connectivity index (χ0n) is 13.9. The van der Waals surface area contributed by atoms with E-state index in [2.05, 4.69) is 12.2 Å². The Hall–Kier alpha value is -1.50. The first-order valence-electron chi connectivity index (χ1n) is 8.27. The highest BCUT2D eigenvalue weighted by atomic mass is 35.5. The SMILES string of the molecule is CCCN(CC1COc2ccccc2O1)C(=O)[C@H]1CNCCO1.Cl. The molecule has 0 aromatic heterocycles. The summed E-state index contributed by atoms with van der Waals surface area (Å²) in [5, 5.41) is 3.20. The Bertz CT molecular complexity index is 537. The molecule has 1 aromatic rings. The summed E-state index contributed by atoms with van der Waals surface area (Å²) in [5.41, 5.74) is 0. The number of halogens is 1. The molecule has 1 amide bonds. The minimum absolute atomic E-state index is 0.